The van der Waals surface area contributed by atoms with E-state index in [9.17, 15) is 5.11 Å². The molecule has 0 saturated carbocycles. The number of nitrogen functional groups attached to an aromatic ring is 1. The molecule has 10 heteroatoms. The molecule has 4 aromatic rings. The summed E-state index contributed by atoms with van der Waals surface area (Å²) in [5.41, 5.74) is 10.2. The zero-order valence-electron chi connectivity index (χ0n) is 16.9. The number of benzene rings is 1. The van der Waals surface area contributed by atoms with Crippen LogP contribution in [0.4, 0.5) is 5.82 Å². The number of aliphatic hydroxyl groups excluding tert-OH is 1. The Balaban J connectivity index is 0.00000160. The van der Waals surface area contributed by atoms with Crippen molar-refractivity contribution in [1.82, 2.24) is 19.9 Å². The van der Waals surface area contributed by atoms with Gasteiger partial charge in [0.05, 0.1) is 17.9 Å². The highest BCUT2D eigenvalue weighted by Crippen LogP contribution is 2.43. The van der Waals surface area contributed by atoms with Crippen molar-refractivity contribution < 1.29 is 9.84 Å². The maximum Gasteiger partial charge on any atom is 0.152 e. The van der Waals surface area contributed by atoms with Crippen molar-refractivity contribution in [2.24, 2.45) is 0 Å². The van der Waals surface area contributed by atoms with Crippen molar-refractivity contribution in [2.75, 3.05) is 19.4 Å². The van der Waals surface area contributed by atoms with Crippen LogP contribution in [0.25, 0.3) is 26.0 Å². The molecule has 4 N–H and O–H groups in total. The third-order valence-electron chi connectivity index (χ3n) is 4.63. The van der Waals surface area contributed by atoms with Gasteiger partial charge >= 0.3 is 0 Å². The van der Waals surface area contributed by atoms with Crippen LogP contribution in [0, 0.1) is 6.92 Å². The van der Waals surface area contributed by atoms with Crippen LogP contribution in [0.15, 0.2) is 30.7 Å². The predicted molar refractivity (Wildman–Crippen MR) is 127 cm³/mol. The van der Waals surface area contributed by atoms with Gasteiger partial charge in [0.15, 0.2) is 5.82 Å². The van der Waals surface area contributed by atoms with Crippen LogP contribution in [0.1, 0.15) is 18.1 Å². The Morgan fingerprint density at radius 2 is 2.07 bits per heavy atom. The van der Waals surface area contributed by atoms with Gasteiger partial charge in [-0.05, 0) is 42.5 Å². The minimum Gasteiger partial charge on any atom is -0.495 e. The first-order valence-corrected chi connectivity index (χ1v) is 9.87. The minimum absolute atomic E-state index is 0. The maximum absolute atomic E-state index is 9.56. The average molecular weight is 470 g/mol. The van der Waals surface area contributed by atoms with Gasteiger partial charge in [-0.3, -0.25) is 0 Å². The molecule has 0 aliphatic heterocycles. The fourth-order valence-corrected chi connectivity index (χ4v) is 4.66. The molecule has 0 bridgehead atoms. The van der Waals surface area contributed by atoms with E-state index in [-0.39, 0.29) is 24.8 Å². The second-order valence-corrected chi connectivity index (χ2v) is 8.00. The number of aryl methyl sites for hydroxylation is 1. The van der Waals surface area contributed by atoms with Crippen LogP contribution in [0.3, 0.4) is 0 Å². The van der Waals surface area contributed by atoms with Gasteiger partial charge in [0.2, 0.25) is 0 Å². The molecule has 1 unspecified atom stereocenters. The number of nitrogens with one attached hydrogen (secondary N) is 1. The Morgan fingerprint density at radius 3 is 2.77 bits per heavy atom. The van der Waals surface area contributed by atoms with Crippen molar-refractivity contribution in [2.45, 2.75) is 26.5 Å². The van der Waals surface area contributed by atoms with Crippen molar-refractivity contribution in [1.29, 1.82) is 0 Å². The third-order valence-corrected chi connectivity index (χ3v) is 5.81. The number of rotatable bonds is 6. The van der Waals surface area contributed by atoms with E-state index in [0.717, 1.165) is 42.9 Å². The number of anilines is 1. The monoisotopic (exact) mass is 469 g/mol. The Morgan fingerprint density at radius 1 is 1.30 bits per heavy atom. The first-order chi connectivity index (χ1) is 13.5. The molecule has 3 heterocycles. The Labute approximate surface area is 191 Å². The first-order valence-electron chi connectivity index (χ1n) is 9.06. The van der Waals surface area contributed by atoms with E-state index in [1.165, 1.54) is 6.33 Å². The highest BCUT2D eigenvalue weighted by atomic mass is 35.5. The van der Waals surface area contributed by atoms with Crippen molar-refractivity contribution in [3.05, 3.63) is 41.9 Å². The molecule has 0 aliphatic rings. The van der Waals surface area contributed by atoms with E-state index < -0.39 is 6.10 Å². The molecule has 0 aliphatic carbocycles. The third kappa shape index (κ3) is 4.48. The Bertz CT molecular complexity index is 1160. The predicted octanol–water partition coefficient (Wildman–Crippen LogP) is 3.82. The SMILES string of the molecule is COc1cc(C)cc2cc(-c3c(CNCC(C)O)cn4ncnc(N)c34)sc12.Cl.Cl. The standard InChI is InChI=1S/C20H23N5O2S.2ClH/c1-11-4-13-6-16(28-19(13)15(5-11)27-3)17-14(8-22-7-12(2)26)9-25-18(17)20(21)23-10-24-25;;/h4-6,9-10,12,22,26H,7-8H2,1-3H3,(H2,21,23,24);2*1H. The number of aliphatic hydroxyl groups is 1. The Kier molecular flexibility index (Phi) is 7.90. The number of nitrogens with zero attached hydrogens (tertiary/aromatic N) is 3. The van der Waals surface area contributed by atoms with Crippen molar-refractivity contribution in [3.63, 3.8) is 0 Å². The molecule has 1 aromatic carbocycles. The zero-order valence-corrected chi connectivity index (χ0v) is 19.3. The summed E-state index contributed by atoms with van der Waals surface area (Å²) in [6.07, 6.45) is 3.00. The highest BCUT2D eigenvalue weighted by Gasteiger charge is 2.19. The van der Waals surface area contributed by atoms with Crippen LogP contribution in [-0.4, -0.2) is 39.5 Å². The number of thiophene rings is 1. The van der Waals surface area contributed by atoms with Crippen LogP contribution >= 0.6 is 36.2 Å². The fraction of sp³-hybridized carbons (Fsp3) is 0.300. The number of hydrogen-bond acceptors (Lipinski definition) is 7. The van der Waals surface area contributed by atoms with Gasteiger partial charge in [0, 0.05) is 29.7 Å². The van der Waals surface area contributed by atoms with Crippen molar-refractivity contribution in [3.8, 4) is 16.2 Å². The summed E-state index contributed by atoms with van der Waals surface area (Å²) in [4.78, 5) is 5.26. The van der Waals surface area contributed by atoms with Gasteiger partial charge in [-0.25, -0.2) is 9.50 Å². The van der Waals surface area contributed by atoms with E-state index in [0.29, 0.717) is 18.9 Å². The normalized spacial score (nSPS) is 11.9. The molecule has 0 spiro atoms. The van der Waals surface area contributed by atoms with E-state index >= 15 is 0 Å². The quantitative estimate of drug-likeness (QED) is 0.396. The van der Waals surface area contributed by atoms with Gasteiger partial charge in [-0.1, -0.05) is 6.07 Å². The number of nitrogens with two attached hydrogens (primary N) is 1. The summed E-state index contributed by atoms with van der Waals surface area (Å²) in [7, 11) is 1.69. The molecular weight excluding hydrogens is 445 g/mol. The topological polar surface area (TPSA) is 97.7 Å². The summed E-state index contributed by atoms with van der Waals surface area (Å²) in [6.45, 7) is 4.91. The summed E-state index contributed by atoms with van der Waals surface area (Å²) >= 11 is 1.67. The molecule has 30 heavy (non-hydrogen) atoms. The summed E-state index contributed by atoms with van der Waals surface area (Å²) in [6, 6.07) is 6.36. The van der Waals surface area contributed by atoms with Gasteiger partial charge in [0.1, 0.15) is 17.6 Å². The second-order valence-electron chi connectivity index (χ2n) is 6.94. The van der Waals surface area contributed by atoms with Crippen LogP contribution in [-0.2, 0) is 6.54 Å². The number of ether oxygens (including phenoxy) is 1. The number of fused-ring (bicyclic) bond motifs is 2. The summed E-state index contributed by atoms with van der Waals surface area (Å²) in [5.74, 6) is 1.31. The minimum atomic E-state index is -0.415. The van der Waals surface area contributed by atoms with Gasteiger partial charge in [-0.2, -0.15) is 5.10 Å². The van der Waals surface area contributed by atoms with Crippen LogP contribution < -0.4 is 15.8 Å². The summed E-state index contributed by atoms with van der Waals surface area (Å²) < 4.78 is 8.45. The summed E-state index contributed by atoms with van der Waals surface area (Å²) in [5, 5.41) is 18.3. The van der Waals surface area contributed by atoms with Gasteiger partial charge < -0.3 is 20.9 Å². The lowest BCUT2D eigenvalue weighted by Gasteiger charge is -2.07. The lowest BCUT2D eigenvalue weighted by molar-refractivity contribution is 0.191. The second kappa shape index (κ2) is 9.80. The molecule has 4 rings (SSSR count). The molecule has 1 atom stereocenters. The highest BCUT2D eigenvalue weighted by molar-refractivity contribution is 7.22. The molecule has 0 amide bonds. The largest absolute Gasteiger partial charge is 0.495 e. The van der Waals surface area contributed by atoms with E-state index in [4.69, 9.17) is 10.5 Å². The van der Waals surface area contributed by atoms with E-state index in [1.807, 2.05) is 12.3 Å². The number of halogens is 2. The average Bonchev–Trinajstić information content (AvgIpc) is 3.22. The Hall–Kier alpha value is -2.10. The number of methoxy groups -OCH3 is 1. The maximum atomic E-state index is 9.56. The first kappa shape index (κ1) is 24.2. The molecule has 7 nitrogen and oxygen atoms in total. The smallest absolute Gasteiger partial charge is 0.152 e. The molecule has 0 saturated heterocycles. The molecule has 162 valence electrons. The molecule has 0 fully saturated rings. The lowest BCUT2D eigenvalue weighted by atomic mass is 10.1. The lowest BCUT2D eigenvalue weighted by Crippen LogP contribution is -2.23. The van der Waals surface area contributed by atoms with Gasteiger partial charge in [-0.15, -0.1) is 36.2 Å². The van der Waals surface area contributed by atoms with Crippen molar-refractivity contribution >= 4 is 57.6 Å². The number of aromatic nitrogens is 3. The van der Waals surface area contributed by atoms with E-state index in [1.54, 1.807) is 29.9 Å². The molecule has 3 aromatic heterocycles. The fourth-order valence-electron chi connectivity index (χ4n) is 3.45. The number of hydrogen-bond donors (Lipinski definition) is 3. The van der Waals surface area contributed by atoms with Gasteiger partial charge in [0.25, 0.3) is 0 Å². The molecular formula is C20H25Cl2N5O2S. The molecule has 0 radical (unpaired) electrons. The van der Waals surface area contributed by atoms with E-state index in [2.05, 4.69) is 34.5 Å². The zero-order chi connectivity index (χ0) is 19.8. The van der Waals surface area contributed by atoms with Crippen LogP contribution in [0.2, 0.25) is 0 Å². The van der Waals surface area contributed by atoms with Crippen LogP contribution in [0.5, 0.6) is 5.75 Å².